The van der Waals surface area contributed by atoms with Crippen LogP contribution in [-0.4, -0.2) is 64.1 Å². The first-order valence-electron chi connectivity index (χ1n) is 24.1. The molecule has 0 radical (unpaired) electrons. The first-order valence-corrected chi connectivity index (χ1v) is 25.2. The van der Waals surface area contributed by atoms with Gasteiger partial charge in [0.05, 0.1) is 34.5 Å². The van der Waals surface area contributed by atoms with Crippen molar-refractivity contribution in [3.63, 3.8) is 0 Å². The normalized spacial score (nSPS) is 23.3. The third-order valence-electron chi connectivity index (χ3n) is 13.0. The lowest BCUT2D eigenvalue weighted by Gasteiger charge is -2.58. The molecule has 2 aliphatic carbocycles. The van der Waals surface area contributed by atoms with E-state index in [1.54, 1.807) is 18.2 Å². The maximum Gasteiger partial charge on any atom is 0.273 e. The zero-order chi connectivity index (χ0) is 44.0. The van der Waals surface area contributed by atoms with Crippen molar-refractivity contribution in [2.75, 3.05) is 32.2 Å². The summed E-state index contributed by atoms with van der Waals surface area (Å²) in [6.07, 6.45) is 28.4. The lowest BCUT2D eigenvalue weighted by atomic mass is 9.56. The number of nitrogens with zero attached hydrogens (tertiary/aromatic N) is 2. The molecule has 62 heavy (non-hydrogen) atoms. The van der Waals surface area contributed by atoms with Crippen LogP contribution in [0.2, 0.25) is 0 Å². The van der Waals surface area contributed by atoms with E-state index in [0.29, 0.717) is 37.6 Å². The monoisotopic (exact) mass is 877 g/mol. The maximum absolute atomic E-state index is 11.6. The molecule has 6 atom stereocenters. The Hall–Kier alpha value is -3.38. The Morgan fingerprint density at radius 2 is 1.53 bits per heavy atom. The SMILES string of the molecule is C=CCOC12Oc3ccc(Oc4cccc([N+](=O)[O-])c4)cc3C3C(CCCCO)C(CCCCO)C=C(C(=NOCC)CC1SCCCCCCCCCCCCCCCC)C32. The van der Waals surface area contributed by atoms with Crippen molar-refractivity contribution in [1.29, 1.82) is 0 Å². The van der Waals surface area contributed by atoms with Crippen molar-refractivity contribution < 1.29 is 34.2 Å². The van der Waals surface area contributed by atoms with Crippen molar-refractivity contribution in [3.05, 3.63) is 82.4 Å². The predicted molar refractivity (Wildman–Crippen MR) is 253 cm³/mol. The number of aliphatic hydroxyl groups excluding tert-OH is 2. The van der Waals surface area contributed by atoms with Gasteiger partial charge >= 0.3 is 0 Å². The predicted octanol–water partition coefficient (Wildman–Crippen LogP) is 13.3. The third kappa shape index (κ3) is 13.8. The van der Waals surface area contributed by atoms with Crippen LogP contribution in [0.25, 0.3) is 0 Å². The number of non-ortho nitro benzene ring substituents is 1. The number of rotatable bonds is 32. The first-order chi connectivity index (χ1) is 30.4. The van der Waals surface area contributed by atoms with Gasteiger partial charge in [-0.3, -0.25) is 10.1 Å². The third-order valence-corrected chi connectivity index (χ3v) is 14.4. The minimum absolute atomic E-state index is 0.0365. The number of oxime groups is 1. The van der Waals surface area contributed by atoms with Gasteiger partial charge in [-0.1, -0.05) is 127 Å². The topological polar surface area (TPSA) is 133 Å². The van der Waals surface area contributed by atoms with Crippen LogP contribution in [0.1, 0.15) is 160 Å². The minimum Gasteiger partial charge on any atom is -0.460 e. The zero-order valence-electron chi connectivity index (χ0n) is 37.8. The number of fused-ring (bicyclic) bond motifs is 2. The summed E-state index contributed by atoms with van der Waals surface area (Å²) in [6, 6.07) is 12.2. The second-order valence-electron chi connectivity index (χ2n) is 17.5. The maximum atomic E-state index is 11.6. The summed E-state index contributed by atoms with van der Waals surface area (Å²) < 4.78 is 20.7. The Kier molecular flexibility index (Phi) is 21.7. The van der Waals surface area contributed by atoms with Crippen LogP contribution in [0.3, 0.4) is 0 Å². The molecule has 2 N–H and O–H groups in total. The number of thioether (sulfide) groups is 1. The molecule has 0 aromatic heterocycles. The number of nitro benzene ring substituents is 1. The molecule has 1 aliphatic heterocycles. The van der Waals surface area contributed by atoms with Gasteiger partial charge in [0.25, 0.3) is 5.69 Å². The highest BCUT2D eigenvalue weighted by atomic mass is 32.2. The van der Waals surface area contributed by atoms with E-state index in [-0.39, 0.29) is 47.8 Å². The zero-order valence-corrected chi connectivity index (χ0v) is 38.6. The molecule has 1 heterocycles. The summed E-state index contributed by atoms with van der Waals surface area (Å²) >= 11 is 1.93. The summed E-state index contributed by atoms with van der Waals surface area (Å²) in [5.74, 6) is 1.71. The molecule has 3 aliphatic rings. The van der Waals surface area contributed by atoms with E-state index in [9.17, 15) is 20.3 Å². The van der Waals surface area contributed by atoms with E-state index in [2.05, 4.69) is 19.6 Å². The van der Waals surface area contributed by atoms with Crippen LogP contribution >= 0.6 is 11.8 Å². The fourth-order valence-corrected chi connectivity index (χ4v) is 11.4. The van der Waals surface area contributed by atoms with Gasteiger partial charge < -0.3 is 29.3 Å². The number of nitro groups is 1. The van der Waals surface area contributed by atoms with Gasteiger partial charge in [-0.25, -0.2) is 0 Å². The summed E-state index contributed by atoms with van der Waals surface area (Å²) in [5.41, 5.74) is 3.01. The lowest BCUT2D eigenvalue weighted by molar-refractivity contribution is -0.384. The molecule has 10 nitrogen and oxygen atoms in total. The quantitative estimate of drug-likeness (QED) is 0.0319. The van der Waals surface area contributed by atoms with E-state index in [1.807, 2.05) is 36.9 Å². The van der Waals surface area contributed by atoms with Gasteiger partial charge in [-0.15, -0.1) is 6.58 Å². The molecule has 344 valence electrons. The smallest absolute Gasteiger partial charge is 0.273 e. The van der Waals surface area contributed by atoms with Gasteiger partial charge in [-0.05, 0) is 86.5 Å². The second-order valence-corrected chi connectivity index (χ2v) is 18.8. The van der Waals surface area contributed by atoms with Crippen LogP contribution in [0, 0.1) is 27.9 Å². The number of aliphatic hydroxyl groups is 2. The van der Waals surface area contributed by atoms with Gasteiger partial charge in [-0.2, -0.15) is 11.8 Å². The average molecular weight is 877 g/mol. The number of hydrogen-bond acceptors (Lipinski definition) is 10. The summed E-state index contributed by atoms with van der Waals surface area (Å²) in [7, 11) is 0. The van der Waals surface area contributed by atoms with Gasteiger partial charge in [0, 0.05) is 37.2 Å². The molecule has 0 bridgehead atoms. The van der Waals surface area contributed by atoms with Gasteiger partial charge in [0.1, 0.15) is 23.9 Å². The molecule has 2 aromatic rings. The summed E-state index contributed by atoms with van der Waals surface area (Å²) in [6.45, 7) is 9.36. The van der Waals surface area contributed by atoms with Crippen LogP contribution in [-0.2, 0) is 9.57 Å². The number of ether oxygens (including phenoxy) is 3. The van der Waals surface area contributed by atoms with Crippen molar-refractivity contribution in [2.24, 2.45) is 22.9 Å². The molecule has 1 fully saturated rings. The molecule has 6 unspecified atom stereocenters. The number of unbranched alkanes of at least 4 members (excludes halogenated alkanes) is 15. The van der Waals surface area contributed by atoms with Crippen molar-refractivity contribution in [3.8, 4) is 17.2 Å². The fraction of sp³-hybridized carbons (Fsp3) is 0.667. The Morgan fingerprint density at radius 3 is 2.18 bits per heavy atom. The molecule has 11 heteroatoms. The highest BCUT2D eigenvalue weighted by Crippen LogP contribution is 2.62. The van der Waals surface area contributed by atoms with Crippen molar-refractivity contribution in [1.82, 2.24) is 0 Å². The first kappa shape index (κ1) is 49.6. The molecule has 1 saturated carbocycles. The average Bonchev–Trinajstić information content (AvgIpc) is 3.28. The Bertz CT molecular complexity index is 1720. The van der Waals surface area contributed by atoms with Crippen molar-refractivity contribution >= 4 is 23.2 Å². The number of allylic oxidation sites excluding steroid dienone is 1. The van der Waals surface area contributed by atoms with E-state index >= 15 is 0 Å². The highest BCUT2D eigenvalue weighted by molar-refractivity contribution is 8.00. The van der Waals surface area contributed by atoms with E-state index in [0.717, 1.165) is 66.9 Å². The second kappa shape index (κ2) is 27.1. The molecular weight excluding hydrogens is 801 g/mol. The molecule has 0 amide bonds. The Labute approximate surface area is 376 Å². The number of hydrogen-bond donors (Lipinski definition) is 2. The highest BCUT2D eigenvalue weighted by Gasteiger charge is 2.64. The summed E-state index contributed by atoms with van der Waals surface area (Å²) in [5, 5.41) is 36.1. The summed E-state index contributed by atoms with van der Waals surface area (Å²) in [4.78, 5) is 17.1. The van der Waals surface area contributed by atoms with E-state index in [1.165, 1.54) is 95.6 Å². The van der Waals surface area contributed by atoms with Crippen LogP contribution < -0.4 is 9.47 Å². The van der Waals surface area contributed by atoms with Gasteiger partial charge in [0.2, 0.25) is 5.79 Å². The van der Waals surface area contributed by atoms with Crippen molar-refractivity contribution in [2.45, 2.75) is 166 Å². The Balaban J connectivity index is 1.42. The fourth-order valence-electron chi connectivity index (χ4n) is 10.0. The standard InChI is InChI=1S/C51H76N2O8S/c1-4-7-8-9-10-11-12-13-14-15-16-17-18-23-34-62-48-38-46(52-59-6-3)44-35-39(25-19-21-31-54)43(28-20-22-32-55)49-45-37-42(60-41-27-24-26-40(36-41)53(56)57)29-30-47(45)61-51(48,50(44)49)58-33-5-2/h5,24,26-27,29-30,35-37,39,43,48-50,54-55H,2,4,6-23,25,28,31-34,38H2,1,3H3. The largest absolute Gasteiger partial charge is 0.460 e. The van der Waals surface area contributed by atoms with E-state index in [4.69, 9.17) is 24.2 Å². The Morgan fingerprint density at radius 1 is 0.871 bits per heavy atom. The van der Waals surface area contributed by atoms with Crippen LogP contribution in [0.15, 0.2) is 71.9 Å². The molecule has 2 aromatic carbocycles. The van der Waals surface area contributed by atoms with Crippen LogP contribution in [0.5, 0.6) is 17.2 Å². The molecule has 0 saturated heterocycles. The van der Waals surface area contributed by atoms with E-state index < -0.39 is 10.7 Å². The number of benzene rings is 2. The molecule has 5 rings (SSSR count). The van der Waals surface area contributed by atoms with Gasteiger partial charge in [0.15, 0.2) is 0 Å². The molecule has 0 spiro atoms. The minimum atomic E-state index is -1.02. The van der Waals surface area contributed by atoms with Crippen LogP contribution in [0.4, 0.5) is 5.69 Å². The molecular formula is C51H76N2O8S. The lowest BCUT2D eigenvalue weighted by Crippen LogP contribution is -2.64.